The molecular formula is C27H28FIN10O9P2S2. The van der Waals surface area contributed by atoms with Crippen LogP contribution in [-0.4, -0.2) is 94.0 Å². The van der Waals surface area contributed by atoms with Gasteiger partial charge < -0.3 is 26.0 Å². The largest absolute Gasteiger partial charge is 0.389 e. The number of thiol groups is 1. The van der Waals surface area contributed by atoms with E-state index in [0.29, 0.717) is 0 Å². The summed E-state index contributed by atoms with van der Waals surface area (Å²) in [6, 6.07) is 7.45. The van der Waals surface area contributed by atoms with Gasteiger partial charge in [0, 0.05) is 9.32 Å². The van der Waals surface area contributed by atoms with E-state index in [9.17, 15) is 14.2 Å². The number of aliphatic hydroxyl groups is 1. The van der Waals surface area contributed by atoms with Crippen LogP contribution in [0.4, 0.5) is 16.0 Å². The van der Waals surface area contributed by atoms with Gasteiger partial charge in [-0.1, -0.05) is 24.4 Å². The van der Waals surface area contributed by atoms with Crippen LogP contribution < -0.4 is 11.5 Å². The third-order valence-corrected chi connectivity index (χ3v) is 14.5. The van der Waals surface area contributed by atoms with Crippen molar-refractivity contribution < 1.29 is 46.2 Å². The minimum absolute atomic E-state index is 0.0668. The van der Waals surface area contributed by atoms with Crippen molar-refractivity contribution in [2.45, 2.75) is 54.9 Å². The maximum absolute atomic E-state index is 16.6. The normalized spacial score (nSPS) is 34.2. The van der Waals surface area contributed by atoms with Crippen molar-refractivity contribution in [2.24, 2.45) is 0 Å². The summed E-state index contributed by atoms with van der Waals surface area (Å²) in [5.74, 6) is 0.312. The number of imidazole rings is 2. The van der Waals surface area contributed by atoms with Crippen molar-refractivity contribution in [1.29, 1.82) is 0 Å². The number of nitrogen functional groups attached to an aromatic ring is 2. The second-order valence-electron chi connectivity index (χ2n) is 11.8. The fraction of sp³-hybridized carbons (Fsp3) is 0.407. The van der Waals surface area contributed by atoms with Gasteiger partial charge >= 0.3 is 13.6 Å². The number of benzene rings is 1. The Balaban J connectivity index is 1.12. The van der Waals surface area contributed by atoms with E-state index in [-0.39, 0.29) is 39.7 Å². The monoisotopic (exact) mass is 908 g/mol. The fourth-order valence-corrected chi connectivity index (χ4v) is 11.2. The van der Waals surface area contributed by atoms with Gasteiger partial charge in [0.2, 0.25) is 0 Å². The second-order valence-corrected chi connectivity index (χ2v) is 19.9. The Morgan fingerprint density at radius 2 is 1.44 bits per heavy atom. The van der Waals surface area contributed by atoms with Gasteiger partial charge in [0.25, 0.3) is 0 Å². The summed E-state index contributed by atoms with van der Waals surface area (Å²) in [6.45, 7) is -9.82. The van der Waals surface area contributed by atoms with Crippen molar-refractivity contribution in [3.05, 3.63) is 58.7 Å². The Morgan fingerprint density at radius 3 is 2.10 bits per heavy atom. The maximum Gasteiger partial charge on any atom is 0.389 e. The van der Waals surface area contributed by atoms with Crippen LogP contribution in [0, 0.1) is 3.57 Å². The summed E-state index contributed by atoms with van der Waals surface area (Å²) in [5, 5.41) is 11.5. The Labute approximate surface area is 315 Å². The molecule has 0 spiro atoms. The van der Waals surface area contributed by atoms with Gasteiger partial charge in [0.15, 0.2) is 41.6 Å². The van der Waals surface area contributed by atoms with Gasteiger partial charge in [-0.05, 0) is 51.7 Å². The van der Waals surface area contributed by atoms with E-state index >= 15 is 4.39 Å². The summed E-state index contributed by atoms with van der Waals surface area (Å²) >= 11 is 7.12. The predicted octanol–water partition coefficient (Wildman–Crippen LogP) is 3.83. The molecule has 0 saturated carbocycles. The Bertz CT molecular complexity index is 2230. The molecule has 1 aromatic carbocycles. The molecule has 7 heterocycles. The molecule has 3 saturated heterocycles. The molecule has 3 unspecified atom stereocenters. The van der Waals surface area contributed by atoms with E-state index in [2.05, 4.69) is 64.7 Å². The second kappa shape index (κ2) is 14.3. The highest BCUT2D eigenvalue weighted by atomic mass is 127. The van der Waals surface area contributed by atoms with Crippen LogP contribution in [0.15, 0.2) is 49.6 Å². The number of nitrogens with two attached hydrogens (primary N) is 2. The third kappa shape index (κ3) is 6.94. The molecule has 3 fully saturated rings. The number of hydrogen-bond acceptors (Lipinski definition) is 18. The molecule has 19 nitrogen and oxygen atoms in total. The molecule has 0 radical (unpaired) electrons. The van der Waals surface area contributed by atoms with Crippen molar-refractivity contribution >= 4 is 93.8 Å². The zero-order valence-corrected chi connectivity index (χ0v) is 32.0. The van der Waals surface area contributed by atoms with E-state index in [0.717, 1.165) is 20.5 Å². The smallest absolute Gasteiger partial charge is 0.386 e. The van der Waals surface area contributed by atoms with E-state index in [1.807, 2.05) is 24.3 Å². The summed E-state index contributed by atoms with van der Waals surface area (Å²) in [6.07, 6.45) is -6.74. The van der Waals surface area contributed by atoms with Crippen LogP contribution in [0.1, 0.15) is 18.0 Å². The standard InChI is InChI=1S/C27H28FIN10O9P2S2/c28-16-20-14(45-26(16)38-10-36-17-22(30)32-8-34-24(17)38)5-43-49(41,51)47-21-15(6-44-50(42,48-20)52-7-12-1-3-13(29)4-2-12)46-27(19(21)40)39-11-37-18-23(31)33-9-35-25(18)39/h1-4,8-11,14-16,19-21,26-27,40H,5-7H2,(H,41,51)(H2,30,32,34)(H2,31,33,35)/t14?,15?,16-,19-,20-,21-,26-,27-,49-,50?/m1/s1. The van der Waals surface area contributed by atoms with Gasteiger partial charge in [0.05, 0.1) is 25.9 Å². The quantitative estimate of drug-likeness (QED) is 0.111. The fourth-order valence-electron chi connectivity index (χ4n) is 6.00. The predicted molar refractivity (Wildman–Crippen MR) is 194 cm³/mol. The number of ether oxygens (including phenoxy) is 2. The third-order valence-electron chi connectivity index (χ3n) is 8.51. The summed E-state index contributed by atoms with van der Waals surface area (Å²) in [4.78, 5) is 24.6. The number of nitrogens with zero attached hydrogens (tertiary/aromatic N) is 8. The zero-order chi connectivity index (χ0) is 36.4. The van der Waals surface area contributed by atoms with Gasteiger partial charge in [0.1, 0.15) is 54.2 Å². The van der Waals surface area contributed by atoms with Crippen LogP contribution in [-0.2, 0) is 42.5 Å². The highest BCUT2D eigenvalue weighted by Gasteiger charge is 2.54. The van der Waals surface area contributed by atoms with E-state index in [1.54, 1.807) is 0 Å². The molecule has 8 rings (SSSR count). The Kier molecular flexibility index (Phi) is 10.00. The molecule has 25 heteroatoms. The lowest BCUT2D eigenvalue weighted by Crippen LogP contribution is -2.37. The van der Waals surface area contributed by atoms with Crippen LogP contribution in [0.3, 0.4) is 0 Å². The minimum Gasteiger partial charge on any atom is -0.386 e. The number of rotatable bonds is 5. The van der Waals surface area contributed by atoms with Crippen molar-refractivity contribution in [3.63, 3.8) is 0 Å². The highest BCUT2D eigenvalue weighted by Crippen LogP contribution is 2.65. The summed E-state index contributed by atoms with van der Waals surface area (Å²) in [7, 11) is 0. The van der Waals surface area contributed by atoms with Gasteiger partial charge in [-0.2, -0.15) is 0 Å². The van der Waals surface area contributed by atoms with Crippen LogP contribution in [0.5, 0.6) is 0 Å². The topological polar surface area (TPSA) is 249 Å². The van der Waals surface area contributed by atoms with E-state index in [1.165, 1.54) is 34.4 Å². The number of anilines is 2. The zero-order valence-electron chi connectivity index (χ0n) is 26.3. The molecule has 0 bridgehead atoms. The first-order chi connectivity index (χ1) is 24.9. The number of alkyl halides is 1. The highest BCUT2D eigenvalue weighted by molar-refractivity contribution is 14.1. The van der Waals surface area contributed by atoms with Crippen LogP contribution in [0.25, 0.3) is 22.3 Å². The number of fused-ring (bicyclic) bond motifs is 4. The molecule has 3 aliphatic rings. The maximum atomic E-state index is 16.6. The number of halogens is 2. The molecule has 3 aliphatic heterocycles. The van der Waals surface area contributed by atoms with Crippen molar-refractivity contribution in [1.82, 2.24) is 39.0 Å². The van der Waals surface area contributed by atoms with Gasteiger partial charge in [-0.15, -0.1) is 0 Å². The van der Waals surface area contributed by atoms with Crippen LogP contribution in [0.2, 0.25) is 0 Å². The lowest BCUT2D eigenvalue weighted by molar-refractivity contribution is -0.0555. The first-order valence-corrected chi connectivity index (χ1v) is 22.3. The van der Waals surface area contributed by atoms with E-state index < -0.39 is 76.0 Å². The first-order valence-electron chi connectivity index (χ1n) is 15.4. The SMILES string of the molecule is Nc1ncnc2c1ncn2[C@@H]1OC2COP(=O)(SCc3ccc(I)cc3)O[C@@H]3C(CO[P@@](=O)(S)O[C@H]2[C@H]1O)O[C@@H](n1cnc2c(N)ncnc21)[C@@H]3F. The van der Waals surface area contributed by atoms with Gasteiger partial charge in [-0.3, -0.25) is 27.2 Å². The van der Waals surface area contributed by atoms with Crippen LogP contribution >= 0.6 is 59.8 Å². The molecule has 0 aliphatic carbocycles. The van der Waals surface area contributed by atoms with E-state index in [4.69, 9.17) is 39.0 Å². The first kappa shape index (κ1) is 36.4. The molecule has 5 N–H and O–H groups in total. The molecule has 4 aromatic heterocycles. The molecule has 276 valence electrons. The lowest BCUT2D eigenvalue weighted by atomic mass is 10.1. The summed E-state index contributed by atoms with van der Waals surface area (Å²) < 4.78 is 84.3. The molecule has 0 amide bonds. The Hall–Kier alpha value is -2.54. The number of hydrogen-bond donors (Lipinski definition) is 4. The molecule has 5 aromatic rings. The summed E-state index contributed by atoms with van der Waals surface area (Å²) in [5.41, 5.74) is 13.5. The van der Waals surface area contributed by atoms with Crippen molar-refractivity contribution in [2.75, 3.05) is 24.7 Å². The Morgan fingerprint density at radius 1 is 0.865 bits per heavy atom. The molecule has 52 heavy (non-hydrogen) atoms. The van der Waals surface area contributed by atoms with Gasteiger partial charge in [-0.25, -0.2) is 43.4 Å². The minimum atomic E-state index is -4.35. The average Bonchev–Trinajstić information content (AvgIpc) is 3.88. The number of aliphatic hydroxyl groups excluding tert-OH is 1. The number of aromatic nitrogens is 8. The lowest BCUT2D eigenvalue weighted by Gasteiger charge is -2.29. The average molecular weight is 909 g/mol. The molecule has 10 atom stereocenters. The molecular weight excluding hydrogens is 880 g/mol. The van der Waals surface area contributed by atoms with Crippen molar-refractivity contribution in [3.8, 4) is 0 Å².